The molecule has 0 spiro atoms. The zero-order chi connectivity index (χ0) is 14.1. The average Bonchev–Trinajstić information content (AvgIpc) is 2.80. The van der Waals surface area contributed by atoms with Crippen LogP contribution in [0.5, 0.6) is 0 Å². The Morgan fingerprint density at radius 3 is 2.84 bits per heavy atom. The van der Waals surface area contributed by atoms with Crippen LogP contribution in [0.1, 0.15) is 46.5 Å². The molecule has 2 N–H and O–H groups in total. The molecule has 0 aliphatic heterocycles. The van der Waals surface area contributed by atoms with Gasteiger partial charge >= 0.3 is 0 Å². The lowest BCUT2D eigenvalue weighted by Crippen LogP contribution is -2.51. The molecule has 4 nitrogen and oxygen atoms in total. The monoisotopic (exact) mass is 273 g/mol. The van der Waals surface area contributed by atoms with E-state index < -0.39 is 0 Å². The van der Waals surface area contributed by atoms with Gasteiger partial charge in [0.1, 0.15) is 0 Å². The van der Waals surface area contributed by atoms with Crippen LogP contribution in [0.2, 0.25) is 0 Å². The molecule has 19 heavy (non-hydrogen) atoms. The van der Waals surface area contributed by atoms with Gasteiger partial charge in [-0.25, -0.2) is 0 Å². The van der Waals surface area contributed by atoms with Gasteiger partial charge in [-0.3, -0.25) is 0 Å². The van der Waals surface area contributed by atoms with Crippen LogP contribution in [0.4, 0.5) is 0 Å². The first-order valence-corrected chi connectivity index (χ1v) is 7.73. The van der Waals surface area contributed by atoms with Crippen LogP contribution < -0.4 is 5.32 Å². The average molecular weight is 273 g/mol. The Bertz CT molecular complexity index is 237. The van der Waals surface area contributed by atoms with Gasteiger partial charge < -0.3 is 19.9 Å². The minimum Gasteiger partial charge on any atom is -0.394 e. The quantitative estimate of drug-likeness (QED) is 0.639. The van der Waals surface area contributed by atoms with Crippen LogP contribution in [0, 0.1) is 5.92 Å². The van der Waals surface area contributed by atoms with E-state index in [9.17, 15) is 5.11 Å². The topological polar surface area (TPSA) is 50.7 Å². The molecule has 0 amide bonds. The van der Waals surface area contributed by atoms with E-state index in [1.54, 1.807) is 0 Å². The zero-order valence-electron chi connectivity index (χ0n) is 12.8. The van der Waals surface area contributed by atoms with Crippen molar-refractivity contribution in [3.8, 4) is 0 Å². The molecule has 4 heteroatoms. The lowest BCUT2D eigenvalue weighted by Gasteiger charge is -2.35. The van der Waals surface area contributed by atoms with Crippen molar-refractivity contribution in [1.29, 1.82) is 0 Å². The van der Waals surface area contributed by atoms with E-state index >= 15 is 0 Å². The second-order valence-electron chi connectivity index (χ2n) is 5.56. The predicted octanol–water partition coefficient (Wildman–Crippen LogP) is 1.96. The van der Waals surface area contributed by atoms with Crippen molar-refractivity contribution in [2.45, 2.75) is 58.1 Å². The predicted molar refractivity (Wildman–Crippen MR) is 77.4 cm³/mol. The molecule has 0 aromatic carbocycles. The van der Waals surface area contributed by atoms with Gasteiger partial charge in [-0.2, -0.15) is 0 Å². The molecule has 114 valence electrons. The Labute approximate surface area is 117 Å². The van der Waals surface area contributed by atoms with Crippen LogP contribution in [0.15, 0.2) is 0 Å². The van der Waals surface area contributed by atoms with E-state index in [0.29, 0.717) is 12.5 Å². The van der Waals surface area contributed by atoms with E-state index in [2.05, 4.69) is 12.2 Å². The molecule has 3 atom stereocenters. The molecule has 1 rings (SSSR count). The van der Waals surface area contributed by atoms with Crippen LogP contribution in [0.25, 0.3) is 0 Å². The number of likely N-dealkylation sites (N-methyl/N-ethyl adjacent to an activating group) is 1. The largest absolute Gasteiger partial charge is 0.394 e. The van der Waals surface area contributed by atoms with E-state index in [1.807, 2.05) is 13.8 Å². The van der Waals surface area contributed by atoms with Crippen molar-refractivity contribution in [2.24, 2.45) is 5.92 Å². The van der Waals surface area contributed by atoms with Crippen molar-refractivity contribution in [2.75, 3.05) is 33.0 Å². The minimum absolute atomic E-state index is 0.0682. The maximum Gasteiger partial charge on any atom is 0.0780 e. The van der Waals surface area contributed by atoms with E-state index in [-0.39, 0.29) is 18.2 Å². The summed E-state index contributed by atoms with van der Waals surface area (Å²) in [6, 6.07) is 0. The Morgan fingerprint density at radius 1 is 1.42 bits per heavy atom. The number of rotatable bonds is 10. The fourth-order valence-corrected chi connectivity index (χ4v) is 3.16. The van der Waals surface area contributed by atoms with E-state index in [0.717, 1.165) is 32.6 Å². The molecule has 3 unspecified atom stereocenters. The lowest BCUT2D eigenvalue weighted by molar-refractivity contribution is -0.0126. The fraction of sp³-hybridized carbons (Fsp3) is 1.00. The van der Waals surface area contributed by atoms with Crippen LogP contribution in [-0.2, 0) is 9.47 Å². The molecule has 0 heterocycles. The van der Waals surface area contributed by atoms with Crippen LogP contribution in [-0.4, -0.2) is 49.7 Å². The Hall–Kier alpha value is -0.160. The maximum atomic E-state index is 9.72. The summed E-state index contributed by atoms with van der Waals surface area (Å²) in [5.41, 5.74) is -0.0682. The molecule has 1 aliphatic carbocycles. The molecule has 0 aromatic heterocycles. The van der Waals surface area contributed by atoms with Gasteiger partial charge in [-0.05, 0) is 45.6 Å². The number of nitrogens with one attached hydrogen (secondary N) is 1. The second kappa shape index (κ2) is 8.90. The molecule has 0 bridgehead atoms. The third-order valence-electron chi connectivity index (χ3n) is 4.19. The normalized spacial score (nSPS) is 28.7. The van der Waals surface area contributed by atoms with Crippen molar-refractivity contribution < 1.29 is 14.6 Å². The SMILES string of the molecule is CCNC1(CO)CCCC1CCOC(C)COCC. The first-order chi connectivity index (χ1) is 9.18. The van der Waals surface area contributed by atoms with Gasteiger partial charge in [-0.1, -0.05) is 13.3 Å². The van der Waals surface area contributed by atoms with Crippen molar-refractivity contribution in [3.05, 3.63) is 0 Å². The lowest BCUT2D eigenvalue weighted by atomic mass is 9.85. The summed E-state index contributed by atoms with van der Waals surface area (Å²) in [7, 11) is 0. The highest BCUT2D eigenvalue weighted by molar-refractivity contribution is 4.98. The first kappa shape index (κ1) is 16.9. The van der Waals surface area contributed by atoms with Crippen molar-refractivity contribution in [3.63, 3.8) is 0 Å². The smallest absolute Gasteiger partial charge is 0.0780 e. The number of aliphatic hydroxyl groups excluding tert-OH is 1. The fourth-order valence-electron chi connectivity index (χ4n) is 3.16. The van der Waals surface area contributed by atoms with Crippen molar-refractivity contribution in [1.82, 2.24) is 5.32 Å². The molecule has 0 radical (unpaired) electrons. The highest BCUT2D eigenvalue weighted by Gasteiger charge is 2.41. The molecule has 0 aromatic rings. The Balaban J connectivity index is 2.31. The van der Waals surface area contributed by atoms with Gasteiger partial charge in [0, 0.05) is 18.8 Å². The number of hydrogen-bond acceptors (Lipinski definition) is 4. The standard InChI is InChI=1S/C15H31NO3/c1-4-16-15(12-17)9-6-7-14(15)8-10-19-13(3)11-18-5-2/h13-14,16-17H,4-12H2,1-3H3. The number of hydrogen-bond donors (Lipinski definition) is 2. The zero-order valence-corrected chi connectivity index (χ0v) is 12.8. The summed E-state index contributed by atoms with van der Waals surface area (Å²) in [6.07, 6.45) is 4.65. The molecule has 1 aliphatic rings. The Kier molecular flexibility index (Phi) is 7.91. The maximum absolute atomic E-state index is 9.72. The summed E-state index contributed by atoms with van der Waals surface area (Å²) < 4.78 is 11.1. The van der Waals surface area contributed by atoms with Gasteiger partial charge in [0.25, 0.3) is 0 Å². The Morgan fingerprint density at radius 2 is 2.21 bits per heavy atom. The summed E-state index contributed by atoms with van der Waals surface area (Å²) in [6.45, 7) is 9.47. The summed E-state index contributed by atoms with van der Waals surface area (Å²) in [5.74, 6) is 0.525. The highest BCUT2D eigenvalue weighted by Crippen LogP contribution is 2.37. The molecular weight excluding hydrogens is 242 g/mol. The van der Waals surface area contributed by atoms with Crippen molar-refractivity contribution >= 4 is 0 Å². The second-order valence-corrected chi connectivity index (χ2v) is 5.56. The minimum atomic E-state index is -0.0682. The summed E-state index contributed by atoms with van der Waals surface area (Å²) in [5, 5.41) is 13.2. The number of aliphatic hydroxyl groups is 1. The van der Waals surface area contributed by atoms with E-state index in [4.69, 9.17) is 9.47 Å². The third-order valence-corrected chi connectivity index (χ3v) is 4.19. The third kappa shape index (κ3) is 5.03. The van der Waals surface area contributed by atoms with Crippen LogP contribution >= 0.6 is 0 Å². The highest BCUT2D eigenvalue weighted by atomic mass is 16.5. The van der Waals surface area contributed by atoms with Gasteiger partial charge in [0.2, 0.25) is 0 Å². The molecular formula is C15H31NO3. The van der Waals surface area contributed by atoms with Gasteiger partial charge in [0.05, 0.1) is 19.3 Å². The molecule has 1 fully saturated rings. The van der Waals surface area contributed by atoms with Gasteiger partial charge in [-0.15, -0.1) is 0 Å². The number of ether oxygens (including phenoxy) is 2. The summed E-state index contributed by atoms with van der Waals surface area (Å²) in [4.78, 5) is 0. The molecule has 0 saturated heterocycles. The van der Waals surface area contributed by atoms with Gasteiger partial charge in [0.15, 0.2) is 0 Å². The first-order valence-electron chi connectivity index (χ1n) is 7.73. The summed E-state index contributed by atoms with van der Waals surface area (Å²) >= 11 is 0. The van der Waals surface area contributed by atoms with E-state index in [1.165, 1.54) is 12.8 Å². The van der Waals surface area contributed by atoms with Crippen LogP contribution in [0.3, 0.4) is 0 Å². The molecule has 1 saturated carbocycles.